The topological polar surface area (TPSA) is 62.4 Å². The van der Waals surface area contributed by atoms with Gasteiger partial charge in [-0.25, -0.2) is 0 Å². The highest BCUT2D eigenvalue weighted by atomic mass is 79.9. The summed E-state index contributed by atoms with van der Waals surface area (Å²) in [5.41, 5.74) is 7.06. The van der Waals surface area contributed by atoms with Gasteiger partial charge in [-0.1, -0.05) is 11.6 Å². The molecule has 0 radical (unpaired) electrons. The van der Waals surface area contributed by atoms with Gasteiger partial charge in [0.2, 0.25) is 0 Å². The Balaban J connectivity index is 2.25. The molecule has 15 heavy (non-hydrogen) atoms. The van der Waals surface area contributed by atoms with Crippen LogP contribution in [0.4, 0.5) is 11.4 Å². The largest absolute Gasteiger partial charge is 0.397 e. The number of guanidine groups is 1. The molecule has 0 saturated heterocycles. The molecule has 0 saturated carbocycles. The maximum atomic E-state index is 6.08. The molecule has 0 atom stereocenters. The Morgan fingerprint density at radius 1 is 1.53 bits per heavy atom. The zero-order chi connectivity index (χ0) is 10.8. The maximum absolute atomic E-state index is 6.08. The number of anilines is 2. The van der Waals surface area contributed by atoms with E-state index in [0.29, 0.717) is 10.7 Å². The monoisotopic (exact) mass is 288 g/mol. The minimum Gasteiger partial charge on any atom is -0.397 e. The van der Waals surface area contributed by atoms with E-state index in [1.54, 1.807) is 0 Å². The summed E-state index contributed by atoms with van der Waals surface area (Å²) in [6.45, 7) is 1.64. The number of rotatable bonds is 1. The van der Waals surface area contributed by atoms with Crippen LogP contribution in [0.25, 0.3) is 0 Å². The van der Waals surface area contributed by atoms with Crippen LogP contribution in [-0.4, -0.2) is 19.0 Å². The zero-order valence-electron chi connectivity index (χ0n) is 7.85. The normalized spacial score (nSPS) is 14.7. The fourth-order valence-electron chi connectivity index (χ4n) is 1.28. The molecule has 0 aliphatic carbocycles. The van der Waals surface area contributed by atoms with E-state index in [2.05, 4.69) is 31.6 Å². The lowest BCUT2D eigenvalue weighted by Gasteiger charge is -2.10. The number of aliphatic imine (C=N–C) groups is 1. The third-order valence-corrected chi connectivity index (χ3v) is 3.15. The van der Waals surface area contributed by atoms with Gasteiger partial charge >= 0.3 is 0 Å². The van der Waals surface area contributed by atoms with Crippen LogP contribution in [0.5, 0.6) is 0 Å². The minimum absolute atomic E-state index is 0.501. The van der Waals surface area contributed by atoms with Crippen LogP contribution in [0.1, 0.15) is 0 Å². The molecule has 0 amide bonds. The van der Waals surface area contributed by atoms with Crippen molar-refractivity contribution in [2.45, 2.75) is 0 Å². The Labute approximate surface area is 101 Å². The van der Waals surface area contributed by atoms with Gasteiger partial charge in [-0.15, -0.1) is 0 Å². The first-order valence-electron chi connectivity index (χ1n) is 4.47. The van der Waals surface area contributed by atoms with E-state index in [1.165, 1.54) is 0 Å². The summed E-state index contributed by atoms with van der Waals surface area (Å²) in [4.78, 5) is 4.21. The van der Waals surface area contributed by atoms with Gasteiger partial charge in [0.25, 0.3) is 0 Å². The van der Waals surface area contributed by atoms with E-state index >= 15 is 0 Å². The molecular weight excluding hydrogens is 279 g/mol. The number of hydrogen-bond donors (Lipinski definition) is 3. The van der Waals surface area contributed by atoms with Crippen molar-refractivity contribution in [3.05, 3.63) is 21.6 Å². The standard InChI is InChI=1S/C9H10BrClN4/c10-5-1-2-6(7(11)8(5)12)15-9-13-3-4-14-9/h1-2H,3-4,12H2,(H2,13,14,15). The summed E-state index contributed by atoms with van der Waals surface area (Å²) in [5.74, 6) is 0.735. The molecule has 1 aliphatic heterocycles. The third kappa shape index (κ3) is 2.18. The second kappa shape index (κ2) is 4.28. The van der Waals surface area contributed by atoms with Crippen LogP contribution in [0.2, 0.25) is 5.02 Å². The van der Waals surface area contributed by atoms with Crippen molar-refractivity contribution in [3.8, 4) is 0 Å². The molecule has 6 heteroatoms. The van der Waals surface area contributed by atoms with Gasteiger partial charge in [-0.2, -0.15) is 0 Å². The van der Waals surface area contributed by atoms with Crippen LogP contribution >= 0.6 is 27.5 Å². The Morgan fingerprint density at radius 3 is 3.00 bits per heavy atom. The SMILES string of the molecule is Nc1c(Br)ccc(NC2=NCCN2)c1Cl. The van der Waals surface area contributed by atoms with Crippen molar-refractivity contribution < 1.29 is 0 Å². The predicted molar refractivity (Wildman–Crippen MR) is 67.5 cm³/mol. The number of nitrogens with zero attached hydrogens (tertiary/aromatic N) is 1. The van der Waals surface area contributed by atoms with Crippen LogP contribution in [0.3, 0.4) is 0 Å². The summed E-state index contributed by atoms with van der Waals surface area (Å²) in [6, 6.07) is 3.70. The summed E-state index contributed by atoms with van der Waals surface area (Å²) < 4.78 is 0.791. The fourth-order valence-corrected chi connectivity index (χ4v) is 1.93. The van der Waals surface area contributed by atoms with Crippen molar-refractivity contribution in [1.29, 1.82) is 0 Å². The van der Waals surface area contributed by atoms with Crippen molar-refractivity contribution in [2.24, 2.45) is 4.99 Å². The number of hydrogen-bond acceptors (Lipinski definition) is 4. The average Bonchev–Trinajstić information content (AvgIpc) is 2.72. The molecule has 4 nitrogen and oxygen atoms in total. The lowest BCUT2D eigenvalue weighted by atomic mass is 10.3. The van der Waals surface area contributed by atoms with Gasteiger partial charge < -0.3 is 16.4 Å². The number of halogens is 2. The Kier molecular flexibility index (Phi) is 3.02. The van der Waals surface area contributed by atoms with E-state index < -0.39 is 0 Å². The van der Waals surface area contributed by atoms with E-state index in [1.807, 2.05) is 12.1 Å². The van der Waals surface area contributed by atoms with Crippen LogP contribution in [-0.2, 0) is 0 Å². The van der Waals surface area contributed by atoms with Gasteiger partial charge in [0.1, 0.15) is 0 Å². The molecule has 0 fully saturated rings. The molecule has 2 rings (SSSR count). The highest BCUT2D eigenvalue weighted by Crippen LogP contribution is 2.33. The van der Waals surface area contributed by atoms with Gasteiger partial charge in [0, 0.05) is 11.0 Å². The summed E-state index contributed by atoms with van der Waals surface area (Å²) in [5, 5.41) is 6.68. The lowest BCUT2D eigenvalue weighted by molar-refractivity contribution is 0.959. The third-order valence-electron chi connectivity index (χ3n) is 2.05. The zero-order valence-corrected chi connectivity index (χ0v) is 10.2. The minimum atomic E-state index is 0.501. The van der Waals surface area contributed by atoms with Gasteiger partial charge in [-0.05, 0) is 28.1 Å². The number of benzene rings is 1. The van der Waals surface area contributed by atoms with Crippen LogP contribution < -0.4 is 16.4 Å². The van der Waals surface area contributed by atoms with Crippen molar-refractivity contribution in [1.82, 2.24) is 5.32 Å². The molecule has 0 unspecified atom stereocenters. The molecule has 0 aromatic heterocycles. The lowest BCUT2D eigenvalue weighted by Crippen LogP contribution is -2.26. The molecule has 1 aromatic carbocycles. The molecule has 4 N–H and O–H groups in total. The first kappa shape index (κ1) is 10.6. The van der Waals surface area contributed by atoms with Gasteiger partial charge in [0.05, 0.1) is 22.9 Å². The van der Waals surface area contributed by atoms with Gasteiger partial charge in [-0.3, -0.25) is 4.99 Å². The summed E-state index contributed by atoms with van der Waals surface area (Å²) in [7, 11) is 0. The molecule has 1 aromatic rings. The second-order valence-electron chi connectivity index (χ2n) is 3.10. The predicted octanol–water partition coefficient (Wildman–Crippen LogP) is 2.06. The highest BCUT2D eigenvalue weighted by molar-refractivity contribution is 9.10. The molecule has 80 valence electrons. The maximum Gasteiger partial charge on any atom is 0.195 e. The first-order chi connectivity index (χ1) is 7.18. The second-order valence-corrected chi connectivity index (χ2v) is 4.34. The fraction of sp³-hybridized carbons (Fsp3) is 0.222. The highest BCUT2D eigenvalue weighted by Gasteiger charge is 2.10. The van der Waals surface area contributed by atoms with E-state index in [9.17, 15) is 0 Å². The molecule has 0 bridgehead atoms. The number of nitrogen functional groups attached to an aromatic ring is 1. The summed E-state index contributed by atoms with van der Waals surface area (Å²) >= 11 is 9.39. The van der Waals surface area contributed by atoms with Crippen LogP contribution in [0.15, 0.2) is 21.6 Å². The quantitative estimate of drug-likeness (QED) is 0.694. The average molecular weight is 290 g/mol. The smallest absolute Gasteiger partial charge is 0.195 e. The Hall–Kier alpha value is -0.940. The molecule has 1 heterocycles. The van der Waals surface area contributed by atoms with E-state index in [0.717, 1.165) is 29.2 Å². The number of nitrogens with one attached hydrogen (secondary N) is 2. The molecule has 1 aliphatic rings. The first-order valence-corrected chi connectivity index (χ1v) is 5.64. The Bertz CT molecular complexity index is 419. The van der Waals surface area contributed by atoms with Crippen molar-refractivity contribution in [2.75, 3.05) is 24.1 Å². The van der Waals surface area contributed by atoms with Crippen molar-refractivity contribution >= 4 is 44.9 Å². The van der Waals surface area contributed by atoms with Crippen molar-refractivity contribution in [3.63, 3.8) is 0 Å². The molecular formula is C9H10BrClN4. The number of nitrogens with two attached hydrogens (primary N) is 1. The van der Waals surface area contributed by atoms with E-state index in [4.69, 9.17) is 17.3 Å². The van der Waals surface area contributed by atoms with E-state index in [-0.39, 0.29) is 0 Å². The Morgan fingerprint density at radius 2 is 2.33 bits per heavy atom. The van der Waals surface area contributed by atoms with Gasteiger partial charge in [0.15, 0.2) is 5.96 Å². The molecule has 0 spiro atoms. The summed E-state index contributed by atoms with van der Waals surface area (Å²) in [6.07, 6.45) is 0. The van der Waals surface area contributed by atoms with Crippen LogP contribution in [0, 0.1) is 0 Å².